The van der Waals surface area contributed by atoms with Crippen molar-refractivity contribution in [2.75, 3.05) is 0 Å². The summed E-state index contributed by atoms with van der Waals surface area (Å²) in [6, 6.07) is 22.7. The predicted molar refractivity (Wildman–Crippen MR) is 113 cm³/mol. The van der Waals surface area contributed by atoms with Crippen LogP contribution in [0.3, 0.4) is 0 Å². The van der Waals surface area contributed by atoms with E-state index in [9.17, 15) is 4.39 Å². The maximum Gasteiger partial charge on any atom is 0.196 e. The highest BCUT2D eigenvalue weighted by Gasteiger charge is 2.18. The molecule has 0 saturated heterocycles. The third-order valence-electron chi connectivity index (χ3n) is 4.44. The van der Waals surface area contributed by atoms with Crippen LogP contribution in [0.5, 0.6) is 0 Å². The fourth-order valence-electron chi connectivity index (χ4n) is 2.98. The zero-order chi connectivity index (χ0) is 19.5. The molecule has 0 N–H and O–H groups in total. The Morgan fingerprint density at radius 3 is 2.43 bits per heavy atom. The summed E-state index contributed by atoms with van der Waals surface area (Å²) in [5, 5.41) is 9.94. The van der Waals surface area contributed by atoms with Gasteiger partial charge in [-0.2, -0.15) is 0 Å². The summed E-state index contributed by atoms with van der Waals surface area (Å²) >= 11 is 7.59. The molecule has 0 aliphatic carbocycles. The summed E-state index contributed by atoms with van der Waals surface area (Å²) in [5.41, 5.74) is 3.54. The van der Waals surface area contributed by atoms with Gasteiger partial charge < -0.3 is 0 Å². The molecule has 4 rings (SSSR count). The highest BCUT2D eigenvalue weighted by atomic mass is 35.5. The van der Waals surface area contributed by atoms with Crippen molar-refractivity contribution in [3.63, 3.8) is 0 Å². The number of hydrogen-bond donors (Lipinski definition) is 0. The summed E-state index contributed by atoms with van der Waals surface area (Å²) < 4.78 is 16.2. The van der Waals surface area contributed by atoms with E-state index in [1.54, 1.807) is 12.1 Å². The van der Waals surface area contributed by atoms with Gasteiger partial charge in [0.15, 0.2) is 11.0 Å². The van der Waals surface area contributed by atoms with E-state index in [0.29, 0.717) is 21.5 Å². The maximum absolute atomic E-state index is 14.2. The second-order valence-corrected chi connectivity index (χ2v) is 7.63. The molecule has 28 heavy (non-hydrogen) atoms. The van der Waals surface area contributed by atoms with Crippen molar-refractivity contribution in [3.05, 3.63) is 94.8 Å². The predicted octanol–water partition coefficient (Wildman–Crippen LogP) is 6.33. The molecule has 0 radical (unpaired) electrons. The van der Waals surface area contributed by atoms with Crippen LogP contribution in [0.4, 0.5) is 4.39 Å². The van der Waals surface area contributed by atoms with Crippen LogP contribution in [0.25, 0.3) is 17.1 Å². The lowest BCUT2D eigenvalue weighted by Crippen LogP contribution is -2.01. The van der Waals surface area contributed by atoms with E-state index in [2.05, 4.69) is 10.2 Å². The Labute approximate surface area is 172 Å². The van der Waals surface area contributed by atoms with Gasteiger partial charge in [0.25, 0.3) is 0 Å². The van der Waals surface area contributed by atoms with Crippen LogP contribution < -0.4 is 0 Å². The second-order valence-electron chi connectivity index (χ2n) is 6.28. The van der Waals surface area contributed by atoms with E-state index in [-0.39, 0.29) is 5.82 Å². The van der Waals surface area contributed by atoms with Crippen LogP contribution in [-0.4, -0.2) is 14.8 Å². The highest BCUT2D eigenvalue weighted by molar-refractivity contribution is 7.98. The minimum atomic E-state index is -0.315. The topological polar surface area (TPSA) is 30.7 Å². The van der Waals surface area contributed by atoms with Crippen LogP contribution in [0, 0.1) is 12.7 Å². The number of hydrogen-bond acceptors (Lipinski definition) is 3. The third kappa shape index (κ3) is 3.68. The molecular weight excluding hydrogens is 393 g/mol. The van der Waals surface area contributed by atoms with E-state index in [1.807, 2.05) is 66.1 Å². The third-order valence-corrected chi connectivity index (χ3v) is 5.75. The summed E-state index contributed by atoms with van der Waals surface area (Å²) in [5.74, 6) is 0.806. The molecule has 0 saturated carbocycles. The number of nitrogens with zero attached hydrogens (tertiary/aromatic N) is 3. The molecule has 0 aliphatic rings. The first-order valence-electron chi connectivity index (χ1n) is 8.77. The normalized spacial score (nSPS) is 11.0. The van der Waals surface area contributed by atoms with E-state index in [0.717, 1.165) is 22.6 Å². The monoisotopic (exact) mass is 409 g/mol. The molecule has 4 aromatic rings. The lowest BCUT2D eigenvalue weighted by molar-refractivity contribution is 0.617. The summed E-state index contributed by atoms with van der Waals surface area (Å²) in [4.78, 5) is 0. The molecule has 1 heterocycles. The van der Waals surface area contributed by atoms with Crippen molar-refractivity contribution in [1.82, 2.24) is 14.8 Å². The minimum absolute atomic E-state index is 0.315. The van der Waals surface area contributed by atoms with Crippen molar-refractivity contribution in [3.8, 4) is 17.1 Å². The fourth-order valence-corrected chi connectivity index (χ4v) is 4.27. The van der Waals surface area contributed by atoms with Gasteiger partial charge in [-0.25, -0.2) is 4.39 Å². The first-order chi connectivity index (χ1) is 13.6. The van der Waals surface area contributed by atoms with Crippen molar-refractivity contribution >= 4 is 23.4 Å². The molecule has 140 valence electrons. The Morgan fingerprint density at radius 2 is 1.68 bits per heavy atom. The molecule has 0 aliphatic heterocycles. The standard InChI is InChI=1S/C22H17ClFN3S/c1-15-8-5-6-11-17(15)21-25-26-22(27(21)16-9-3-2-4-10-16)28-14-18-19(23)12-7-13-20(18)24/h2-13H,14H2,1H3. The molecule has 0 bridgehead atoms. The molecule has 3 nitrogen and oxygen atoms in total. The highest BCUT2D eigenvalue weighted by Crippen LogP contribution is 2.32. The number of benzene rings is 3. The van der Waals surface area contributed by atoms with E-state index in [1.165, 1.54) is 17.8 Å². The van der Waals surface area contributed by atoms with Crippen LogP contribution >= 0.6 is 23.4 Å². The molecule has 0 fully saturated rings. The smallest absolute Gasteiger partial charge is 0.196 e. The molecule has 0 spiro atoms. The molecular formula is C22H17ClFN3S. The van der Waals surface area contributed by atoms with Gasteiger partial charge >= 0.3 is 0 Å². The Balaban J connectivity index is 1.77. The van der Waals surface area contributed by atoms with E-state index in [4.69, 9.17) is 11.6 Å². The van der Waals surface area contributed by atoms with Gasteiger partial charge in [-0.15, -0.1) is 10.2 Å². The van der Waals surface area contributed by atoms with Gasteiger partial charge in [-0.05, 0) is 36.8 Å². The first-order valence-corrected chi connectivity index (χ1v) is 10.1. The Morgan fingerprint density at radius 1 is 0.929 bits per heavy atom. The summed E-state index contributed by atoms with van der Waals surface area (Å²) in [6.07, 6.45) is 0. The Bertz CT molecular complexity index is 1090. The molecule has 1 aromatic heterocycles. The zero-order valence-corrected chi connectivity index (χ0v) is 16.7. The average Bonchev–Trinajstić information content (AvgIpc) is 3.12. The van der Waals surface area contributed by atoms with Crippen LogP contribution in [-0.2, 0) is 5.75 Å². The SMILES string of the molecule is Cc1ccccc1-c1nnc(SCc2c(F)cccc2Cl)n1-c1ccccc1. The second kappa shape index (κ2) is 8.17. The summed E-state index contributed by atoms with van der Waals surface area (Å²) in [6.45, 7) is 2.05. The molecule has 0 unspecified atom stereocenters. The number of halogens is 2. The molecule has 0 atom stereocenters. The fraction of sp³-hybridized carbons (Fsp3) is 0.0909. The van der Waals surface area contributed by atoms with Crippen LogP contribution in [0.1, 0.15) is 11.1 Å². The van der Waals surface area contributed by atoms with E-state index >= 15 is 0 Å². The summed E-state index contributed by atoms with van der Waals surface area (Å²) in [7, 11) is 0. The number of aryl methyl sites for hydroxylation is 1. The quantitative estimate of drug-likeness (QED) is 0.361. The van der Waals surface area contributed by atoms with Gasteiger partial charge in [-0.3, -0.25) is 4.57 Å². The minimum Gasteiger partial charge on any atom is -0.270 e. The van der Waals surface area contributed by atoms with E-state index < -0.39 is 0 Å². The molecule has 3 aromatic carbocycles. The van der Waals surface area contributed by atoms with Crippen molar-refractivity contribution in [2.45, 2.75) is 17.8 Å². The number of rotatable bonds is 5. The van der Waals surface area contributed by atoms with Gasteiger partial charge in [0, 0.05) is 27.6 Å². The number of para-hydroxylation sites is 1. The van der Waals surface area contributed by atoms with Gasteiger partial charge in [-0.1, -0.05) is 71.9 Å². The number of aromatic nitrogens is 3. The Kier molecular flexibility index (Phi) is 5.46. The van der Waals surface area contributed by atoms with Gasteiger partial charge in [0.1, 0.15) is 5.82 Å². The molecule has 0 amide bonds. The number of thioether (sulfide) groups is 1. The van der Waals surface area contributed by atoms with Gasteiger partial charge in [0.05, 0.1) is 0 Å². The van der Waals surface area contributed by atoms with Crippen LogP contribution in [0.15, 0.2) is 78.0 Å². The van der Waals surface area contributed by atoms with Crippen molar-refractivity contribution < 1.29 is 4.39 Å². The largest absolute Gasteiger partial charge is 0.270 e. The van der Waals surface area contributed by atoms with Crippen LogP contribution in [0.2, 0.25) is 5.02 Å². The lowest BCUT2D eigenvalue weighted by atomic mass is 10.1. The van der Waals surface area contributed by atoms with Crippen molar-refractivity contribution in [2.24, 2.45) is 0 Å². The zero-order valence-electron chi connectivity index (χ0n) is 15.1. The average molecular weight is 410 g/mol. The van der Waals surface area contributed by atoms with Gasteiger partial charge in [0.2, 0.25) is 0 Å². The Hall–Kier alpha value is -2.63. The lowest BCUT2D eigenvalue weighted by Gasteiger charge is -2.12. The van der Waals surface area contributed by atoms with Crippen molar-refractivity contribution in [1.29, 1.82) is 0 Å². The maximum atomic E-state index is 14.2. The molecule has 6 heteroatoms. The first kappa shape index (κ1) is 18.7.